The van der Waals surface area contributed by atoms with Crippen LogP contribution in [0.5, 0.6) is 0 Å². The summed E-state index contributed by atoms with van der Waals surface area (Å²) >= 11 is 0. The average molecular weight is 688 g/mol. The fourth-order valence-corrected chi connectivity index (χ4v) is 5.01. The molecule has 8 heteroatoms. The van der Waals surface area contributed by atoms with Gasteiger partial charge < -0.3 is 28.6 Å². The average Bonchev–Trinajstić information content (AvgIpc) is 3.05. The summed E-state index contributed by atoms with van der Waals surface area (Å²) < 4.78 is 16.9. The van der Waals surface area contributed by atoms with E-state index >= 15 is 0 Å². The van der Waals surface area contributed by atoms with Crippen molar-refractivity contribution in [1.29, 1.82) is 0 Å². The van der Waals surface area contributed by atoms with E-state index in [0.29, 0.717) is 6.42 Å². The highest BCUT2D eigenvalue weighted by Gasteiger charge is 2.25. The highest BCUT2D eigenvalue weighted by molar-refractivity contribution is 5.70. The molecule has 0 bridgehead atoms. The van der Waals surface area contributed by atoms with Crippen LogP contribution in [0.3, 0.4) is 0 Å². The van der Waals surface area contributed by atoms with Gasteiger partial charge in [0.25, 0.3) is 0 Å². The summed E-state index contributed by atoms with van der Waals surface area (Å²) in [7, 11) is 5.36. The number of likely N-dealkylation sites (N-methyl/N-ethyl adjacent to an activating group) is 1. The molecule has 0 aliphatic heterocycles. The highest BCUT2D eigenvalue weighted by atomic mass is 16.6. The van der Waals surface area contributed by atoms with Crippen molar-refractivity contribution in [2.24, 2.45) is 0 Å². The van der Waals surface area contributed by atoms with E-state index in [9.17, 15) is 19.5 Å². The minimum atomic E-state index is -1.14. The molecule has 0 saturated carbocycles. The quantitative estimate of drug-likeness (QED) is 0.0231. The lowest BCUT2D eigenvalue weighted by Gasteiger charge is -2.34. The zero-order valence-corrected chi connectivity index (χ0v) is 31.6. The van der Waals surface area contributed by atoms with Crippen LogP contribution in [-0.4, -0.2) is 75.5 Å². The van der Waals surface area contributed by atoms with E-state index in [1.807, 2.05) is 12.2 Å². The number of hydrogen-bond donors (Lipinski definition) is 0. The molecule has 280 valence electrons. The van der Waals surface area contributed by atoms with Crippen molar-refractivity contribution in [1.82, 2.24) is 0 Å². The summed E-state index contributed by atoms with van der Waals surface area (Å²) in [5.41, 5.74) is 0. The molecular weight excluding hydrogens is 618 g/mol. The Labute approximate surface area is 298 Å². The van der Waals surface area contributed by atoms with E-state index < -0.39 is 18.1 Å². The standard InChI is InChI=1S/C41H69NO7/c1-6-8-10-12-14-15-16-17-18-19-20-21-22-23-24-26-28-30-32-40(44)49-37(35-47-34-33-38(41(45)46)42(3,4)5)36-48-39(43)31-29-27-25-13-11-9-7-2/h9,11,16-21,25,27,37-38H,6-8,10,12-15,22-24,26,28-36H2,1-5H3/b11-9+,17-16+,19-18+,21-20+,27-25+. The van der Waals surface area contributed by atoms with E-state index in [0.717, 1.165) is 57.8 Å². The van der Waals surface area contributed by atoms with Crippen molar-refractivity contribution in [2.75, 3.05) is 41.0 Å². The molecule has 2 atom stereocenters. The summed E-state index contributed by atoms with van der Waals surface area (Å²) in [6.45, 7) is 4.38. The van der Waals surface area contributed by atoms with Gasteiger partial charge in [0.1, 0.15) is 12.6 Å². The monoisotopic (exact) mass is 688 g/mol. The van der Waals surface area contributed by atoms with E-state index in [1.165, 1.54) is 32.1 Å². The minimum Gasteiger partial charge on any atom is -0.544 e. The fourth-order valence-electron chi connectivity index (χ4n) is 5.01. The second-order valence-electron chi connectivity index (χ2n) is 13.5. The SMILES string of the molecule is CC/C=C/C/C=C/CCC(=O)OCC(COCCC(C(=O)[O-])[N+](C)(C)C)OC(=O)CCCCCCC/C=C/C=C/C=C/CCCCCCC. The minimum absolute atomic E-state index is 0.0116. The molecule has 0 aromatic rings. The molecule has 0 N–H and O–H groups in total. The summed E-state index contributed by atoms with van der Waals surface area (Å²) in [5.74, 6) is -1.87. The van der Waals surface area contributed by atoms with E-state index in [2.05, 4.69) is 62.5 Å². The number of unbranched alkanes of at least 4 members (excludes halogenated alkanes) is 10. The number of aliphatic carboxylic acids is 1. The predicted octanol–water partition coefficient (Wildman–Crippen LogP) is 8.13. The molecule has 0 aliphatic carbocycles. The maximum absolute atomic E-state index is 12.6. The lowest BCUT2D eigenvalue weighted by Crippen LogP contribution is -2.55. The number of quaternary nitrogens is 1. The van der Waals surface area contributed by atoms with Crippen molar-refractivity contribution in [3.63, 3.8) is 0 Å². The Morgan fingerprint density at radius 3 is 1.88 bits per heavy atom. The van der Waals surface area contributed by atoms with Crippen LogP contribution in [0.4, 0.5) is 0 Å². The molecule has 0 aromatic heterocycles. The van der Waals surface area contributed by atoms with Crippen molar-refractivity contribution < 1.29 is 38.2 Å². The van der Waals surface area contributed by atoms with Gasteiger partial charge in [0.05, 0.1) is 40.3 Å². The molecule has 2 unspecified atom stereocenters. The first-order valence-corrected chi connectivity index (χ1v) is 18.8. The Bertz CT molecular complexity index is 990. The maximum atomic E-state index is 12.6. The summed E-state index contributed by atoms with van der Waals surface area (Å²) in [6.07, 6.45) is 37.1. The number of carboxylic acid groups (broad SMARTS) is 1. The molecule has 0 heterocycles. The number of ether oxygens (including phenoxy) is 3. The molecule has 0 radical (unpaired) electrons. The van der Waals surface area contributed by atoms with Crippen molar-refractivity contribution >= 4 is 17.9 Å². The molecule has 0 aliphatic rings. The number of carboxylic acids is 1. The summed E-state index contributed by atoms with van der Waals surface area (Å²) in [6, 6.07) is -0.737. The van der Waals surface area contributed by atoms with Crippen LogP contribution < -0.4 is 5.11 Å². The fraction of sp³-hybridized carbons (Fsp3) is 0.683. The molecule has 8 nitrogen and oxygen atoms in total. The number of hydrogen-bond acceptors (Lipinski definition) is 7. The van der Waals surface area contributed by atoms with Gasteiger partial charge in [0.2, 0.25) is 0 Å². The summed E-state index contributed by atoms with van der Waals surface area (Å²) in [4.78, 5) is 36.4. The van der Waals surface area contributed by atoms with Gasteiger partial charge in [0, 0.05) is 19.3 Å². The molecule has 0 fully saturated rings. The third-order valence-corrected chi connectivity index (χ3v) is 7.96. The van der Waals surface area contributed by atoms with Crippen LogP contribution in [0.2, 0.25) is 0 Å². The topological polar surface area (TPSA) is 102 Å². The second kappa shape index (κ2) is 32.2. The van der Waals surface area contributed by atoms with Crippen LogP contribution in [0.15, 0.2) is 60.8 Å². The number of carbonyl (C=O) groups is 3. The van der Waals surface area contributed by atoms with E-state index in [-0.39, 0.29) is 55.5 Å². The van der Waals surface area contributed by atoms with Crippen LogP contribution in [0, 0.1) is 0 Å². The van der Waals surface area contributed by atoms with Crippen LogP contribution >= 0.6 is 0 Å². The highest BCUT2D eigenvalue weighted by Crippen LogP contribution is 2.11. The largest absolute Gasteiger partial charge is 0.544 e. The van der Waals surface area contributed by atoms with Gasteiger partial charge >= 0.3 is 11.9 Å². The second-order valence-corrected chi connectivity index (χ2v) is 13.5. The Morgan fingerprint density at radius 2 is 1.27 bits per heavy atom. The first-order chi connectivity index (χ1) is 23.6. The Hall–Kier alpha value is -2.97. The molecule has 0 rings (SSSR count). The first kappa shape index (κ1) is 46.0. The normalized spacial score (nSPS) is 13.7. The van der Waals surface area contributed by atoms with Crippen molar-refractivity contribution in [3.8, 4) is 0 Å². The number of rotatable bonds is 32. The molecular formula is C41H69NO7. The van der Waals surface area contributed by atoms with Crippen LogP contribution in [0.1, 0.15) is 129 Å². The van der Waals surface area contributed by atoms with Crippen molar-refractivity contribution in [3.05, 3.63) is 60.8 Å². The first-order valence-electron chi connectivity index (χ1n) is 18.8. The molecule has 0 aromatic carbocycles. The van der Waals surface area contributed by atoms with Crippen LogP contribution in [-0.2, 0) is 28.6 Å². The lowest BCUT2D eigenvalue weighted by molar-refractivity contribution is -0.889. The third kappa shape index (κ3) is 30.8. The number of carbonyl (C=O) groups excluding carboxylic acids is 3. The third-order valence-electron chi connectivity index (χ3n) is 7.96. The smallest absolute Gasteiger partial charge is 0.306 e. The van der Waals surface area contributed by atoms with Gasteiger partial charge in [-0.25, -0.2) is 0 Å². The number of esters is 2. The van der Waals surface area contributed by atoms with Crippen molar-refractivity contribution in [2.45, 2.75) is 142 Å². The van der Waals surface area contributed by atoms with Gasteiger partial charge in [-0.05, 0) is 51.4 Å². The lowest BCUT2D eigenvalue weighted by atomic mass is 10.1. The Kier molecular flexibility index (Phi) is 30.3. The van der Waals surface area contributed by atoms with E-state index in [4.69, 9.17) is 14.2 Å². The summed E-state index contributed by atoms with van der Waals surface area (Å²) in [5, 5.41) is 11.5. The van der Waals surface area contributed by atoms with Gasteiger partial charge in [-0.15, -0.1) is 0 Å². The number of nitrogens with zero attached hydrogens (tertiary/aromatic N) is 1. The molecule has 0 spiro atoms. The Morgan fingerprint density at radius 1 is 0.653 bits per heavy atom. The van der Waals surface area contributed by atoms with Gasteiger partial charge in [-0.3, -0.25) is 9.59 Å². The zero-order chi connectivity index (χ0) is 36.4. The van der Waals surface area contributed by atoms with Gasteiger partial charge in [-0.2, -0.15) is 0 Å². The molecule has 0 amide bonds. The molecule has 0 saturated heterocycles. The Balaban J connectivity index is 4.44. The number of allylic oxidation sites excluding steroid dienone is 10. The van der Waals surface area contributed by atoms with Crippen LogP contribution in [0.25, 0.3) is 0 Å². The predicted molar refractivity (Wildman–Crippen MR) is 199 cm³/mol. The van der Waals surface area contributed by atoms with E-state index in [1.54, 1.807) is 21.1 Å². The van der Waals surface area contributed by atoms with Gasteiger partial charge in [-0.1, -0.05) is 120 Å². The zero-order valence-electron chi connectivity index (χ0n) is 31.6. The molecule has 49 heavy (non-hydrogen) atoms. The maximum Gasteiger partial charge on any atom is 0.306 e. The van der Waals surface area contributed by atoms with Gasteiger partial charge in [0.15, 0.2) is 6.10 Å².